The molecule has 0 saturated heterocycles. The first-order valence-corrected chi connectivity index (χ1v) is 10.5. The molecule has 0 atom stereocenters. The Hall–Kier alpha value is -2.42. The zero-order valence-electron chi connectivity index (χ0n) is 16.3. The van der Waals surface area contributed by atoms with Gasteiger partial charge in [-0.2, -0.15) is 0 Å². The Morgan fingerprint density at radius 1 is 1.25 bits per heavy atom. The maximum atomic E-state index is 12.5. The number of hydrogen-bond acceptors (Lipinski definition) is 5. The fraction of sp³-hybridized carbons (Fsp3) is 0.350. The number of fused-ring (bicyclic) bond motifs is 1. The Bertz CT molecular complexity index is 975. The number of carbonyl (C=O) groups excluding carboxylic acids is 1. The minimum Gasteiger partial charge on any atom is -0.374 e. The molecule has 0 saturated carbocycles. The van der Waals surface area contributed by atoms with Gasteiger partial charge in [-0.15, -0.1) is 0 Å². The van der Waals surface area contributed by atoms with Gasteiger partial charge in [-0.05, 0) is 48.2 Å². The van der Waals surface area contributed by atoms with Crippen LogP contribution in [-0.2, 0) is 27.8 Å². The number of hydrogen-bond donors (Lipinski definition) is 1. The van der Waals surface area contributed by atoms with Crippen molar-refractivity contribution in [2.45, 2.75) is 24.3 Å². The molecular formula is C20H25N3O4S. The lowest BCUT2D eigenvalue weighted by atomic mass is 9.99. The van der Waals surface area contributed by atoms with Gasteiger partial charge in [0, 0.05) is 38.4 Å². The lowest BCUT2D eigenvalue weighted by Crippen LogP contribution is -2.27. The van der Waals surface area contributed by atoms with E-state index in [0.29, 0.717) is 6.54 Å². The molecule has 1 heterocycles. The number of hydroxylamine groups is 1. The van der Waals surface area contributed by atoms with Crippen molar-refractivity contribution in [1.29, 1.82) is 0 Å². The topological polar surface area (TPSA) is 78.9 Å². The molecule has 1 aliphatic rings. The molecule has 28 heavy (non-hydrogen) atoms. The number of rotatable bonds is 6. The predicted molar refractivity (Wildman–Crippen MR) is 108 cm³/mol. The lowest BCUT2D eigenvalue weighted by molar-refractivity contribution is -0.0258. The molecule has 1 aliphatic heterocycles. The van der Waals surface area contributed by atoms with E-state index in [2.05, 4.69) is 29.4 Å². The van der Waals surface area contributed by atoms with Crippen LogP contribution in [0.2, 0.25) is 0 Å². The van der Waals surface area contributed by atoms with Gasteiger partial charge in [0.25, 0.3) is 15.9 Å². The van der Waals surface area contributed by atoms with E-state index in [1.165, 1.54) is 37.5 Å². The van der Waals surface area contributed by atoms with Gasteiger partial charge in [0.1, 0.15) is 0 Å². The molecule has 1 N–H and O–H groups in total. The summed E-state index contributed by atoms with van der Waals surface area (Å²) in [6, 6.07) is 12.1. The summed E-state index contributed by atoms with van der Waals surface area (Å²) in [7, 11) is 0.853. The Morgan fingerprint density at radius 3 is 2.79 bits per heavy atom. The third-order valence-corrected chi connectivity index (χ3v) is 6.61. The molecule has 150 valence electrons. The van der Waals surface area contributed by atoms with Gasteiger partial charge in [0.15, 0.2) is 0 Å². The first-order valence-electron chi connectivity index (χ1n) is 9.07. The third kappa shape index (κ3) is 4.19. The summed E-state index contributed by atoms with van der Waals surface area (Å²) in [4.78, 5) is 19.5. The van der Waals surface area contributed by atoms with Crippen molar-refractivity contribution in [3.63, 3.8) is 0 Å². The molecule has 2 aromatic rings. The highest BCUT2D eigenvalue weighted by Crippen LogP contribution is 2.26. The van der Waals surface area contributed by atoms with Crippen LogP contribution in [0.15, 0.2) is 47.4 Å². The van der Waals surface area contributed by atoms with Crippen molar-refractivity contribution in [3.05, 3.63) is 59.2 Å². The van der Waals surface area contributed by atoms with Crippen molar-refractivity contribution in [2.75, 3.05) is 32.6 Å². The fourth-order valence-electron chi connectivity index (χ4n) is 3.28. The highest BCUT2D eigenvalue weighted by atomic mass is 32.2. The van der Waals surface area contributed by atoms with E-state index in [-0.39, 0.29) is 16.4 Å². The smallest absolute Gasteiger partial charge is 0.264 e. The number of aryl methyl sites for hydroxylation is 1. The van der Waals surface area contributed by atoms with Crippen molar-refractivity contribution >= 4 is 21.6 Å². The maximum Gasteiger partial charge on any atom is 0.264 e. The van der Waals surface area contributed by atoms with E-state index in [4.69, 9.17) is 4.84 Å². The molecule has 1 amide bonds. The largest absolute Gasteiger partial charge is 0.374 e. The molecule has 0 radical (unpaired) electrons. The molecule has 8 heteroatoms. The number of carbonyl (C=O) groups is 1. The van der Waals surface area contributed by atoms with Crippen LogP contribution < -0.4 is 10.2 Å². The quantitative estimate of drug-likeness (QED) is 0.748. The second kappa shape index (κ2) is 8.30. The molecule has 0 spiro atoms. The second-order valence-electron chi connectivity index (χ2n) is 6.80. The highest BCUT2D eigenvalue weighted by molar-refractivity contribution is 7.89. The van der Waals surface area contributed by atoms with Crippen LogP contribution in [-0.4, -0.2) is 46.5 Å². The lowest BCUT2D eigenvalue weighted by Gasteiger charge is -2.27. The molecule has 2 aromatic carbocycles. The van der Waals surface area contributed by atoms with E-state index < -0.39 is 10.0 Å². The van der Waals surface area contributed by atoms with E-state index in [1.807, 2.05) is 6.07 Å². The third-order valence-electron chi connectivity index (χ3n) is 4.94. The van der Waals surface area contributed by atoms with Crippen molar-refractivity contribution < 1.29 is 18.0 Å². The fourth-order valence-corrected chi connectivity index (χ4v) is 4.30. The van der Waals surface area contributed by atoms with E-state index >= 15 is 0 Å². The van der Waals surface area contributed by atoms with Crippen LogP contribution in [0.1, 0.15) is 27.9 Å². The zero-order chi connectivity index (χ0) is 20.3. The molecule has 0 fully saturated rings. The summed E-state index contributed by atoms with van der Waals surface area (Å²) in [6.07, 6.45) is 2.16. The van der Waals surface area contributed by atoms with Crippen molar-refractivity contribution in [1.82, 2.24) is 9.79 Å². The van der Waals surface area contributed by atoms with Crippen LogP contribution >= 0.6 is 0 Å². The monoisotopic (exact) mass is 403 g/mol. The summed E-state index contributed by atoms with van der Waals surface area (Å²) >= 11 is 0. The van der Waals surface area contributed by atoms with Gasteiger partial charge in [-0.3, -0.25) is 9.63 Å². The van der Waals surface area contributed by atoms with Crippen LogP contribution in [0, 0.1) is 0 Å². The average Bonchev–Trinajstić information content (AvgIpc) is 2.71. The normalized spacial score (nSPS) is 14.1. The van der Waals surface area contributed by atoms with Gasteiger partial charge in [0.2, 0.25) is 0 Å². The summed E-state index contributed by atoms with van der Waals surface area (Å²) in [5, 5.41) is 2.86. The van der Waals surface area contributed by atoms with Crippen molar-refractivity contribution in [2.24, 2.45) is 0 Å². The van der Waals surface area contributed by atoms with Crippen LogP contribution in [0.4, 0.5) is 5.69 Å². The number of nitrogens with zero attached hydrogens (tertiary/aromatic N) is 2. The highest BCUT2D eigenvalue weighted by Gasteiger charge is 2.22. The minimum atomic E-state index is -3.80. The Labute approximate surface area is 165 Å². The minimum absolute atomic E-state index is 0.00122. The first-order chi connectivity index (χ1) is 13.3. The Morgan fingerprint density at radius 2 is 2.04 bits per heavy atom. The molecule has 0 aromatic heterocycles. The van der Waals surface area contributed by atoms with E-state index in [9.17, 15) is 13.2 Å². The Balaban J connectivity index is 1.71. The first kappa shape index (κ1) is 20.3. The van der Waals surface area contributed by atoms with E-state index in [1.54, 1.807) is 12.1 Å². The van der Waals surface area contributed by atoms with E-state index in [0.717, 1.165) is 29.4 Å². The van der Waals surface area contributed by atoms with Gasteiger partial charge in [-0.1, -0.05) is 22.7 Å². The predicted octanol–water partition coefficient (Wildman–Crippen LogP) is 2.18. The van der Waals surface area contributed by atoms with Gasteiger partial charge in [0.05, 0.1) is 12.0 Å². The second-order valence-corrected chi connectivity index (χ2v) is 8.73. The SMILES string of the molecule is CON(C)S(=O)(=O)c1cccc(C(=O)NCc2ccc3c(c2)CCCN3C)c1. The molecule has 0 unspecified atom stereocenters. The summed E-state index contributed by atoms with van der Waals surface area (Å²) in [5.74, 6) is -0.327. The van der Waals surface area contributed by atoms with Crippen molar-refractivity contribution in [3.8, 4) is 0 Å². The van der Waals surface area contributed by atoms with Crippen LogP contribution in [0.5, 0.6) is 0 Å². The summed E-state index contributed by atoms with van der Waals surface area (Å²) in [5.41, 5.74) is 3.83. The molecule has 7 nitrogen and oxygen atoms in total. The molecule has 0 bridgehead atoms. The maximum absolute atomic E-state index is 12.5. The van der Waals surface area contributed by atoms with Gasteiger partial charge < -0.3 is 10.2 Å². The summed E-state index contributed by atoms with van der Waals surface area (Å²) < 4.78 is 25.4. The Kier molecular flexibility index (Phi) is 6.02. The number of benzene rings is 2. The molecule has 0 aliphatic carbocycles. The standard InChI is InChI=1S/C20H25N3O4S/c1-22-11-5-7-16-12-15(9-10-19(16)22)14-21-20(24)17-6-4-8-18(13-17)28(25,26)23(2)27-3/h4,6,8-10,12-13H,5,7,11,14H2,1-3H3,(H,21,24). The van der Waals surface area contributed by atoms with Gasteiger partial charge >= 0.3 is 0 Å². The average molecular weight is 404 g/mol. The number of amides is 1. The number of sulfonamides is 1. The molecular weight excluding hydrogens is 378 g/mol. The summed E-state index contributed by atoms with van der Waals surface area (Å²) in [6.45, 7) is 1.44. The number of nitrogens with one attached hydrogen (secondary N) is 1. The zero-order valence-corrected chi connectivity index (χ0v) is 17.1. The number of anilines is 1. The van der Waals surface area contributed by atoms with Gasteiger partial charge in [-0.25, -0.2) is 8.42 Å². The van der Waals surface area contributed by atoms with Crippen LogP contribution in [0.3, 0.4) is 0 Å². The molecule has 3 rings (SSSR count). The van der Waals surface area contributed by atoms with Crippen LogP contribution in [0.25, 0.3) is 0 Å².